The number of aliphatic imine (C=N–C) groups is 1. The zero-order valence-electron chi connectivity index (χ0n) is 19.1. The molecule has 0 aliphatic carbocycles. The second kappa shape index (κ2) is 14.1. The van der Waals surface area contributed by atoms with E-state index in [2.05, 4.69) is 56.2 Å². The third-order valence-corrected chi connectivity index (χ3v) is 5.83. The van der Waals surface area contributed by atoms with Crippen LogP contribution in [0.5, 0.6) is 0 Å². The summed E-state index contributed by atoms with van der Waals surface area (Å²) in [5, 5.41) is 9.59. The zero-order valence-corrected chi connectivity index (χ0v) is 21.5. The first-order chi connectivity index (χ1) is 15.2. The molecule has 3 rings (SSSR count). The van der Waals surface area contributed by atoms with Gasteiger partial charge < -0.3 is 16.0 Å². The molecule has 0 saturated carbocycles. The molecule has 3 N–H and O–H groups in total. The summed E-state index contributed by atoms with van der Waals surface area (Å²) in [4.78, 5) is 18.8. The Balaban J connectivity index is 0.00000363. The fourth-order valence-corrected chi connectivity index (χ4v) is 4.09. The molecule has 1 amide bonds. The number of nitrogens with one attached hydrogen (secondary N) is 3. The average molecular weight is 550 g/mol. The molecule has 1 heterocycles. The maximum absolute atomic E-state index is 11.8. The van der Waals surface area contributed by atoms with Crippen LogP contribution >= 0.6 is 24.0 Å². The van der Waals surface area contributed by atoms with Crippen LogP contribution in [0.15, 0.2) is 59.6 Å². The summed E-state index contributed by atoms with van der Waals surface area (Å²) in [6.07, 6.45) is 4.59. The minimum absolute atomic E-state index is 0. The molecular formula is C25H36IN5O. The molecule has 0 radical (unpaired) electrons. The molecule has 1 saturated heterocycles. The van der Waals surface area contributed by atoms with Gasteiger partial charge in [-0.2, -0.15) is 0 Å². The van der Waals surface area contributed by atoms with Crippen molar-refractivity contribution in [3.05, 3.63) is 71.3 Å². The summed E-state index contributed by atoms with van der Waals surface area (Å²) < 4.78 is 0. The van der Waals surface area contributed by atoms with Gasteiger partial charge in [-0.15, -0.1) is 24.0 Å². The summed E-state index contributed by atoms with van der Waals surface area (Å²) in [5.74, 6) is 0.771. The molecular weight excluding hydrogens is 513 g/mol. The van der Waals surface area contributed by atoms with Crippen LogP contribution in [0.2, 0.25) is 0 Å². The van der Waals surface area contributed by atoms with Crippen molar-refractivity contribution in [2.45, 2.75) is 38.3 Å². The molecule has 0 bridgehead atoms. The number of piperidine rings is 1. The number of hydrogen-bond donors (Lipinski definition) is 3. The normalized spacial score (nSPS) is 16.7. The topological polar surface area (TPSA) is 68.8 Å². The van der Waals surface area contributed by atoms with Gasteiger partial charge in [0.1, 0.15) is 0 Å². The Morgan fingerprint density at radius 3 is 2.59 bits per heavy atom. The third-order valence-electron chi connectivity index (χ3n) is 5.83. The largest absolute Gasteiger partial charge is 0.356 e. The Morgan fingerprint density at radius 2 is 1.84 bits per heavy atom. The minimum atomic E-state index is -0.0557. The van der Waals surface area contributed by atoms with E-state index in [-0.39, 0.29) is 29.9 Å². The molecule has 6 nitrogen and oxygen atoms in total. The van der Waals surface area contributed by atoms with E-state index < -0.39 is 0 Å². The molecule has 1 unspecified atom stereocenters. The molecule has 0 spiro atoms. The van der Waals surface area contributed by atoms with Crippen LogP contribution in [0.4, 0.5) is 0 Å². The van der Waals surface area contributed by atoms with Crippen LogP contribution in [0.3, 0.4) is 0 Å². The highest BCUT2D eigenvalue weighted by molar-refractivity contribution is 14.0. The molecule has 1 aliphatic rings. The zero-order chi connectivity index (χ0) is 21.9. The van der Waals surface area contributed by atoms with Crippen molar-refractivity contribution in [2.24, 2.45) is 4.99 Å². The average Bonchev–Trinajstić information content (AvgIpc) is 2.82. The Morgan fingerprint density at radius 1 is 1.06 bits per heavy atom. The van der Waals surface area contributed by atoms with E-state index in [1.807, 2.05) is 31.3 Å². The number of halogens is 1. The van der Waals surface area contributed by atoms with E-state index in [0.717, 1.165) is 44.1 Å². The first-order valence-corrected chi connectivity index (χ1v) is 11.2. The van der Waals surface area contributed by atoms with Gasteiger partial charge in [-0.3, -0.25) is 14.7 Å². The second-order valence-electron chi connectivity index (χ2n) is 8.02. The number of likely N-dealkylation sites (tertiary alicyclic amines) is 1. The number of nitrogens with zero attached hydrogens (tertiary/aromatic N) is 2. The maximum atomic E-state index is 11.8. The molecule has 1 atom stereocenters. The third kappa shape index (κ3) is 8.09. The molecule has 0 aromatic heterocycles. The predicted octanol–water partition coefficient (Wildman–Crippen LogP) is 3.43. The number of carbonyl (C=O) groups is 1. The van der Waals surface area contributed by atoms with Crippen LogP contribution in [0.1, 0.15) is 40.7 Å². The van der Waals surface area contributed by atoms with Crippen molar-refractivity contribution in [3.63, 3.8) is 0 Å². The number of guanidine groups is 1. The number of benzene rings is 2. The van der Waals surface area contributed by atoms with Gasteiger partial charge in [-0.1, -0.05) is 48.9 Å². The smallest absolute Gasteiger partial charge is 0.251 e. The van der Waals surface area contributed by atoms with Crippen LogP contribution in [-0.4, -0.2) is 56.5 Å². The van der Waals surface area contributed by atoms with Gasteiger partial charge >= 0.3 is 0 Å². The Labute approximate surface area is 209 Å². The van der Waals surface area contributed by atoms with Gasteiger partial charge in [0.25, 0.3) is 5.91 Å². The highest BCUT2D eigenvalue weighted by Gasteiger charge is 2.22. The van der Waals surface area contributed by atoms with E-state index in [9.17, 15) is 4.79 Å². The van der Waals surface area contributed by atoms with E-state index >= 15 is 0 Å². The van der Waals surface area contributed by atoms with Crippen molar-refractivity contribution in [1.82, 2.24) is 20.9 Å². The lowest BCUT2D eigenvalue weighted by atomic mass is 10.0. The van der Waals surface area contributed by atoms with Crippen molar-refractivity contribution in [1.29, 1.82) is 0 Å². The van der Waals surface area contributed by atoms with Gasteiger partial charge in [0.05, 0.1) is 0 Å². The summed E-state index contributed by atoms with van der Waals surface area (Å²) in [7, 11) is 3.46. The first kappa shape index (κ1) is 26.1. The lowest BCUT2D eigenvalue weighted by molar-refractivity contribution is 0.0963. The SMILES string of the molecule is CN=C(NCCc1cccc(C(=O)NC)c1)NCC1CCCCN1Cc1ccccc1.I. The van der Waals surface area contributed by atoms with Gasteiger partial charge in [-0.25, -0.2) is 0 Å². The summed E-state index contributed by atoms with van der Waals surface area (Å²) in [5.41, 5.74) is 3.19. The highest BCUT2D eigenvalue weighted by Crippen LogP contribution is 2.19. The molecule has 174 valence electrons. The highest BCUT2D eigenvalue weighted by atomic mass is 127. The number of carbonyl (C=O) groups excluding carboxylic acids is 1. The molecule has 2 aromatic carbocycles. The van der Waals surface area contributed by atoms with Gasteiger partial charge in [0.15, 0.2) is 5.96 Å². The van der Waals surface area contributed by atoms with Gasteiger partial charge in [0.2, 0.25) is 0 Å². The second-order valence-corrected chi connectivity index (χ2v) is 8.02. The summed E-state index contributed by atoms with van der Waals surface area (Å²) >= 11 is 0. The predicted molar refractivity (Wildman–Crippen MR) is 143 cm³/mol. The van der Waals surface area contributed by atoms with Gasteiger partial charge in [-0.05, 0) is 49.1 Å². The fraction of sp³-hybridized carbons (Fsp3) is 0.440. The number of rotatable bonds is 8. The van der Waals surface area contributed by atoms with Crippen LogP contribution in [0.25, 0.3) is 0 Å². The molecule has 7 heteroatoms. The minimum Gasteiger partial charge on any atom is -0.356 e. The molecule has 32 heavy (non-hydrogen) atoms. The van der Waals surface area contributed by atoms with Gasteiger partial charge in [0, 0.05) is 45.3 Å². The standard InChI is InChI=1S/C25H35N5O.HI/c1-26-24(31)22-12-8-11-20(17-22)14-15-28-25(27-2)29-18-23-13-6-7-16-30(23)19-21-9-4-3-5-10-21;/h3-5,8-12,17,23H,6-7,13-16,18-19H2,1-2H3,(H,26,31)(H2,27,28,29);1H. The lowest BCUT2D eigenvalue weighted by Crippen LogP contribution is -2.49. The van der Waals surface area contributed by atoms with Crippen molar-refractivity contribution in [2.75, 3.05) is 33.7 Å². The molecule has 2 aromatic rings. The van der Waals surface area contributed by atoms with Crippen molar-refractivity contribution < 1.29 is 4.79 Å². The number of hydrogen-bond acceptors (Lipinski definition) is 3. The van der Waals surface area contributed by atoms with Crippen LogP contribution < -0.4 is 16.0 Å². The maximum Gasteiger partial charge on any atom is 0.251 e. The molecule has 1 fully saturated rings. The Bertz CT molecular complexity index is 858. The van der Waals surface area contributed by atoms with E-state index in [1.165, 1.54) is 24.8 Å². The fourth-order valence-electron chi connectivity index (χ4n) is 4.09. The van der Waals surface area contributed by atoms with E-state index in [1.54, 1.807) is 7.05 Å². The quantitative estimate of drug-likeness (QED) is 0.268. The summed E-state index contributed by atoms with van der Waals surface area (Å²) in [6, 6.07) is 19.0. The molecule has 1 aliphatic heterocycles. The van der Waals surface area contributed by atoms with E-state index in [4.69, 9.17) is 0 Å². The first-order valence-electron chi connectivity index (χ1n) is 11.2. The van der Waals surface area contributed by atoms with E-state index in [0.29, 0.717) is 11.6 Å². The van der Waals surface area contributed by atoms with Crippen LogP contribution in [0, 0.1) is 0 Å². The van der Waals surface area contributed by atoms with Crippen LogP contribution in [-0.2, 0) is 13.0 Å². The lowest BCUT2D eigenvalue weighted by Gasteiger charge is -2.36. The number of amides is 1. The Kier molecular flexibility index (Phi) is 11.5. The Hall–Kier alpha value is -2.13. The van der Waals surface area contributed by atoms with Crippen molar-refractivity contribution >= 4 is 35.8 Å². The van der Waals surface area contributed by atoms with Crippen molar-refractivity contribution in [3.8, 4) is 0 Å². The summed E-state index contributed by atoms with van der Waals surface area (Å²) in [6.45, 7) is 3.80. The monoisotopic (exact) mass is 549 g/mol.